The summed E-state index contributed by atoms with van der Waals surface area (Å²) in [5.41, 5.74) is 3.79. The Bertz CT molecular complexity index is 965. The molecular weight excluding hydrogens is 336 g/mol. The van der Waals surface area contributed by atoms with E-state index in [1.807, 2.05) is 34.8 Å². The zero-order chi connectivity index (χ0) is 17.2. The number of rotatable bonds is 2. The van der Waals surface area contributed by atoms with Crippen LogP contribution in [-0.4, -0.2) is 56.0 Å². The Balaban J connectivity index is 1.31. The van der Waals surface area contributed by atoms with Crippen molar-refractivity contribution < 1.29 is 4.79 Å². The molecule has 3 aromatic heterocycles. The number of amides is 1. The second-order valence-electron chi connectivity index (χ2n) is 7.22. The highest BCUT2D eigenvalue weighted by atomic mass is 32.1. The number of carbonyl (C=O) groups is 1. The molecule has 8 heteroatoms. The number of nitrogens with zero attached hydrogens (tertiary/aromatic N) is 6. The van der Waals surface area contributed by atoms with Crippen molar-refractivity contribution in [3.63, 3.8) is 0 Å². The number of hydrogen-bond donors (Lipinski definition) is 0. The number of aryl methyl sites for hydroxylation is 2. The van der Waals surface area contributed by atoms with E-state index < -0.39 is 0 Å². The van der Waals surface area contributed by atoms with Crippen LogP contribution in [0.4, 0.5) is 5.82 Å². The SMILES string of the molecule is Cc1cc(N2CC3(CN(C(=O)c4ccsn4)C3)C2)n2ncc(C)c2n1. The van der Waals surface area contributed by atoms with Gasteiger partial charge in [-0.3, -0.25) is 4.79 Å². The molecule has 0 atom stereocenters. The quantitative estimate of drug-likeness (QED) is 0.702. The third-order valence-electron chi connectivity index (χ3n) is 5.13. The lowest BCUT2D eigenvalue weighted by Gasteiger charge is -2.60. The van der Waals surface area contributed by atoms with Gasteiger partial charge in [0.05, 0.1) is 6.20 Å². The normalized spacial score (nSPS) is 18.5. The van der Waals surface area contributed by atoms with Crippen molar-refractivity contribution in [2.45, 2.75) is 13.8 Å². The van der Waals surface area contributed by atoms with Gasteiger partial charge >= 0.3 is 0 Å². The van der Waals surface area contributed by atoms with E-state index in [1.54, 1.807) is 6.07 Å². The van der Waals surface area contributed by atoms with Crippen molar-refractivity contribution in [3.8, 4) is 0 Å². The van der Waals surface area contributed by atoms with Gasteiger partial charge < -0.3 is 9.80 Å². The summed E-state index contributed by atoms with van der Waals surface area (Å²) in [6.07, 6.45) is 1.86. The molecule has 2 aliphatic heterocycles. The van der Waals surface area contributed by atoms with Crippen LogP contribution < -0.4 is 4.90 Å². The Morgan fingerprint density at radius 3 is 2.76 bits per heavy atom. The third-order valence-corrected chi connectivity index (χ3v) is 5.69. The topological polar surface area (TPSA) is 66.6 Å². The summed E-state index contributed by atoms with van der Waals surface area (Å²) in [5.74, 6) is 1.14. The van der Waals surface area contributed by atoms with E-state index in [9.17, 15) is 4.79 Å². The van der Waals surface area contributed by atoms with Crippen LogP contribution in [-0.2, 0) is 0 Å². The van der Waals surface area contributed by atoms with Crippen LogP contribution in [0.3, 0.4) is 0 Å². The monoisotopic (exact) mass is 354 g/mol. The Hall–Kier alpha value is -2.48. The Kier molecular flexibility index (Phi) is 2.97. The predicted molar refractivity (Wildman–Crippen MR) is 95.1 cm³/mol. The lowest BCUT2D eigenvalue weighted by atomic mass is 9.72. The summed E-state index contributed by atoms with van der Waals surface area (Å²) in [5, 5.41) is 6.32. The molecule has 0 unspecified atom stereocenters. The number of hydrogen-bond acceptors (Lipinski definition) is 6. The molecule has 2 fully saturated rings. The first-order chi connectivity index (χ1) is 12.0. The fourth-order valence-corrected chi connectivity index (χ4v) is 4.42. The highest BCUT2D eigenvalue weighted by molar-refractivity contribution is 7.03. The molecule has 0 N–H and O–H groups in total. The largest absolute Gasteiger partial charge is 0.355 e. The molecule has 1 spiro atoms. The van der Waals surface area contributed by atoms with Crippen LogP contribution in [0.25, 0.3) is 5.65 Å². The van der Waals surface area contributed by atoms with E-state index >= 15 is 0 Å². The van der Waals surface area contributed by atoms with E-state index in [1.165, 1.54) is 11.5 Å². The van der Waals surface area contributed by atoms with Gasteiger partial charge in [-0.1, -0.05) is 0 Å². The van der Waals surface area contributed by atoms with E-state index in [0.29, 0.717) is 5.69 Å². The van der Waals surface area contributed by atoms with E-state index in [2.05, 4.69) is 25.4 Å². The van der Waals surface area contributed by atoms with Gasteiger partial charge in [0.2, 0.25) is 0 Å². The van der Waals surface area contributed by atoms with Crippen molar-refractivity contribution in [2.75, 3.05) is 31.1 Å². The van der Waals surface area contributed by atoms with Gasteiger partial charge in [-0.05, 0) is 31.4 Å². The average molecular weight is 354 g/mol. The van der Waals surface area contributed by atoms with Crippen molar-refractivity contribution >= 4 is 28.9 Å². The van der Waals surface area contributed by atoms with Crippen molar-refractivity contribution in [1.29, 1.82) is 0 Å². The molecule has 0 bridgehead atoms. The summed E-state index contributed by atoms with van der Waals surface area (Å²) in [6.45, 7) is 7.57. The van der Waals surface area contributed by atoms with Gasteiger partial charge in [-0.2, -0.15) is 14.0 Å². The zero-order valence-corrected chi connectivity index (χ0v) is 15.0. The Morgan fingerprint density at radius 1 is 1.24 bits per heavy atom. The maximum Gasteiger partial charge on any atom is 0.273 e. The highest BCUT2D eigenvalue weighted by Crippen LogP contribution is 2.42. The molecule has 0 radical (unpaired) electrons. The summed E-state index contributed by atoms with van der Waals surface area (Å²) < 4.78 is 6.06. The lowest BCUT2D eigenvalue weighted by molar-refractivity contribution is -0.0112. The Labute approximate surface area is 149 Å². The third kappa shape index (κ3) is 2.17. The van der Waals surface area contributed by atoms with Gasteiger partial charge in [-0.25, -0.2) is 4.98 Å². The van der Waals surface area contributed by atoms with Crippen molar-refractivity contribution in [1.82, 2.24) is 23.9 Å². The minimum Gasteiger partial charge on any atom is -0.355 e. The fourth-order valence-electron chi connectivity index (χ4n) is 3.92. The van der Waals surface area contributed by atoms with Crippen LogP contribution in [0.5, 0.6) is 0 Å². The first-order valence-corrected chi connectivity index (χ1v) is 9.15. The molecule has 25 heavy (non-hydrogen) atoms. The summed E-state index contributed by atoms with van der Waals surface area (Å²) in [4.78, 5) is 21.1. The summed E-state index contributed by atoms with van der Waals surface area (Å²) >= 11 is 1.32. The Morgan fingerprint density at radius 2 is 2.04 bits per heavy atom. The van der Waals surface area contributed by atoms with Crippen LogP contribution in [0.1, 0.15) is 21.7 Å². The maximum absolute atomic E-state index is 12.3. The number of aromatic nitrogens is 4. The molecule has 128 valence electrons. The predicted octanol–water partition coefficient (Wildman–Crippen LogP) is 1.77. The van der Waals surface area contributed by atoms with Gasteiger partial charge in [0.25, 0.3) is 5.91 Å². The van der Waals surface area contributed by atoms with Gasteiger partial charge in [0.1, 0.15) is 11.5 Å². The van der Waals surface area contributed by atoms with Gasteiger partial charge in [0, 0.05) is 54.3 Å². The molecule has 0 aromatic carbocycles. The second-order valence-corrected chi connectivity index (χ2v) is 7.89. The highest BCUT2D eigenvalue weighted by Gasteiger charge is 2.54. The molecular formula is C17H18N6OS. The standard InChI is InChI=1S/C17H18N6OS/c1-11-6-18-23-14(5-12(2)19-15(11)23)21-7-17(8-21)9-22(10-17)16(24)13-3-4-25-20-13/h3-6H,7-10H2,1-2H3. The molecule has 3 aromatic rings. The van der Waals surface area contributed by atoms with Crippen LogP contribution in [0.2, 0.25) is 0 Å². The van der Waals surface area contributed by atoms with E-state index in [0.717, 1.165) is 48.9 Å². The maximum atomic E-state index is 12.3. The van der Waals surface area contributed by atoms with Crippen molar-refractivity contribution in [2.24, 2.45) is 5.41 Å². The molecule has 2 aliphatic rings. The molecule has 1 amide bonds. The van der Waals surface area contributed by atoms with E-state index in [4.69, 9.17) is 0 Å². The van der Waals surface area contributed by atoms with Crippen LogP contribution in [0, 0.1) is 19.3 Å². The van der Waals surface area contributed by atoms with Crippen LogP contribution in [0.15, 0.2) is 23.7 Å². The van der Waals surface area contributed by atoms with E-state index in [-0.39, 0.29) is 11.3 Å². The number of likely N-dealkylation sites (tertiary alicyclic amines) is 1. The minimum atomic E-state index is 0.0511. The second kappa shape index (κ2) is 5.01. The summed E-state index contributed by atoms with van der Waals surface area (Å²) in [6, 6.07) is 3.88. The molecule has 7 nitrogen and oxygen atoms in total. The first-order valence-electron chi connectivity index (χ1n) is 8.31. The number of carbonyl (C=O) groups excluding carboxylic acids is 1. The smallest absolute Gasteiger partial charge is 0.273 e. The van der Waals surface area contributed by atoms with Gasteiger partial charge in [-0.15, -0.1) is 0 Å². The average Bonchev–Trinajstić information content (AvgIpc) is 3.15. The lowest BCUT2D eigenvalue weighted by Crippen LogP contribution is -2.73. The molecule has 2 saturated heterocycles. The van der Waals surface area contributed by atoms with Crippen molar-refractivity contribution in [3.05, 3.63) is 40.7 Å². The van der Waals surface area contributed by atoms with Crippen LogP contribution >= 0.6 is 11.5 Å². The zero-order valence-electron chi connectivity index (χ0n) is 14.1. The molecule has 5 rings (SSSR count). The molecule has 0 saturated carbocycles. The molecule has 5 heterocycles. The first kappa shape index (κ1) is 14.8. The minimum absolute atomic E-state index is 0.0511. The number of anilines is 1. The molecule has 0 aliphatic carbocycles. The number of fused-ring (bicyclic) bond motifs is 1. The summed E-state index contributed by atoms with van der Waals surface area (Å²) in [7, 11) is 0. The van der Waals surface area contributed by atoms with Gasteiger partial charge in [0.15, 0.2) is 5.65 Å². The fraction of sp³-hybridized carbons (Fsp3) is 0.412.